The monoisotopic (exact) mass is 429 g/mol. The molecule has 158 valence electrons. The summed E-state index contributed by atoms with van der Waals surface area (Å²) in [5.74, 6) is -0.333. The van der Waals surface area contributed by atoms with Crippen LogP contribution >= 0.6 is 0 Å². The fourth-order valence-corrected chi connectivity index (χ4v) is 3.92. The van der Waals surface area contributed by atoms with E-state index < -0.39 is 34.8 Å². The molecule has 0 aliphatic heterocycles. The lowest BCUT2D eigenvalue weighted by molar-refractivity contribution is -0.137. The molecule has 2 heterocycles. The van der Waals surface area contributed by atoms with Gasteiger partial charge in [0.2, 0.25) is 5.91 Å². The Morgan fingerprint density at radius 1 is 1.31 bits per heavy atom. The molecule has 29 heavy (non-hydrogen) atoms. The maximum Gasteiger partial charge on any atom is 0.417 e. The molecule has 0 bridgehead atoms. The minimum Gasteiger partial charge on any atom is -0.772 e. The summed E-state index contributed by atoms with van der Waals surface area (Å²) in [7, 11) is 0. The maximum absolute atomic E-state index is 12.9. The summed E-state index contributed by atoms with van der Waals surface area (Å²) in [6, 6.07) is 1.24. The van der Waals surface area contributed by atoms with Crippen molar-refractivity contribution >= 4 is 22.8 Å². The number of carbonyl (C=O) groups excluding carboxylic acids is 1. The number of rotatable bonds is 7. The summed E-state index contributed by atoms with van der Waals surface area (Å²) >= 11 is -2.28. The number of nitrogens with zero attached hydrogens (tertiary/aromatic N) is 3. The lowest BCUT2D eigenvalue weighted by atomic mass is 9.98. The fourth-order valence-electron chi connectivity index (χ4n) is 3.50. The van der Waals surface area contributed by atoms with E-state index in [0.717, 1.165) is 37.8 Å². The van der Waals surface area contributed by atoms with Crippen molar-refractivity contribution in [2.24, 2.45) is 5.92 Å². The molecule has 0 aromatic carbocycles. The second kappa shape index (κ2) is 9.04. The summed E-state index contributed by atoms with van der Waals surface area (Å²) in [4.78, 5) is 16.5. The van der Waals surface area contributed by atoms with E-state index in [2.05, 4.69) is 15.4 Å². The van der Waals surface area contributed by atoms with Gasteiger partial charge in [0.05, 0.1) is 11.8 Å². The zero-order valence-corrected chi connectivity index (χ0v) is 16.2. The van der Waals surface area contributed by atoms with Crippen molar-refractivity contribution in [3.63, 3.8) is 0 Å². The molecule has 2 aromatic heterocycles. The molecule has 0 spiro atoms. The first kappa shape index (κ1) is 21.4. The van der Waals surface area contributed by atoms with Crippen LogP contribution in [-0.4, -0.2) is 29.4 Å². The summed E-state index contributed by atoms with van der Waals surface area (Å²) in [6.45, 7) is 0. The van der Waals surface area contributed by atoms with Crippen molar-refractivity contribution in [1.29, 1.82) is 0 Å². The Balaban J connectivity index is 1.76. The summed E-state index contributed by atoms with van der Waals surface area (Å²) in [6.07, 6.45) is 3.70. The Morgan fingerprint density at radius 3 is 2.62 bits per heavy atom. The van der Waals surface area contributed by atoms with Gasteiger partial charge in [0.25, 0.3) is 0 Å². The average Bonchev–Trinajstić information content (AvgIpc) is 3.30. The minimum atomic E-state index is -4.51. The second-order valence-corrected chi connectivity index (χ2v) is 7.99. The largest absolute Gasteiger partial charge is 0.772 e. The van der Waals surface area contributed by atoms with Gasteiger partial charge in [-0.2, -0.15) is 18.3 Å². The Bertz CT molecular complexity index is 864. The highest BCUT2D eigenvalue weighted by Crippen LogP contribution is 2.33. The Kier molecular flexibility index (Phi) is 6.68. The molecule has 1 fully saturated rings. The highest BCUT2D eigenvalue weighted by molar-refractivity contribution is 7.78. The number of hydrogen-bond acceptors (Lipinski definition) is 5. The molecule has 0 saturated heterocycles. The van der Waals surface area contributed by atoms with Crippen LogP contribution in [0.4, 0.5) is 19.0 Å². The predicted octanol–water partition coefficient (Wildman–Crippen LogP) is 3.44. The van der Waals surface area contributed by atoms with E-state index in [1.54, 1.807) is 0 Å². The van der Waals surface area contributed by atoms with Crippen molar-refractivity contribution in [3.8, 4) is 0 Å². The standard InChI is InChI=1S/C18H21F3N4O3S/c19-18(20,21)14-5-6-16(22-9-14)24-17(26)15(7-12-3-1-2-4-12)25-10-13(8-23-25)11-29(27)28/h5-6,8-10,12,15H,1-4,7,11H2,(H,27,28)(H,22,24,26)/p-1/t15-/m0/s1. The molecule has 2 aromatic rings. The summed E-state index contributed by atoms with van der Waals surface area (Å²) < 4.78 is 61.2. The maximum atomic E-state index is 12.9. The highest BCUT2D eigenvalue weighted by Gasteiger charge is 2.31. The second-order valence-electron chi connectivity index (χ2n) is 7.10. The van der Waals surface area contributed by atoms with E-state index in [4.69, 9.17) is 0 Å². The predicted molar refractivity (Wildman–Crippen MR) is 98.3 cm³/mol. The molecule has 1 aliphatic carbocycles. The van der Waals surface area contributed by atoms with Gasteiger partial charge in [-0.15, -0.1) is 0 Å². The molecule has 1 unspecified atom stereocenters. The molecule has 1 saturated carbocycles. The van der Waals surface area contributed by atoms with E-state index in [9.17, 15) is 26.7 Å². The van der Waals surface area contributed by atoms with Gasteiger partial charge in [0.15, 0.2) is 0 Å². The number of nitrogens with one attached hydrogen (secondary N) is 1. The van der Waals surface area contributed by atoms with Crippen molar-refractivity contribution in [1.82, 2.24) is 14.8 Å². The van der Waals surface area contributed by atoms with E-state index >= 15 is 0 Å². The summed E-state index contributed by atoms with van der Waals surface area (Å²) in [5.41, 5.74) is -0.449. The van der Waals surface area contributed by atoms with Crippen molar-refractivity contribution < 1.29 is 26.7 Å². The first-order valence-corrected chi connectivity index (χ1v) is 10.4. The van der Waals surface area contributed by atoms with Crippen LogP contribution in [0.25, 0.3) is 0 Å². The van der Waals surface area contributed by atoms with Crippen molar-refractivity contribution in [3.05, 3.63) is 41.9 Å². The molecular weight excluding hydrogens is 409 g/mol. The molecule has 1 amide bonds. The van der Waals surface area contributed by atoms with Crippen LogP contribution < -0.4 is 5.32 Å². The van der Waals surface area contributed by atoms with Gasteiger partial charge < -0.3 is 9.87 Å². The van der Waals surface area contributed by atoms with E-state index in [0.29, 0.717) is 24.1 Å². The van der Waals surface area contributed by atoms with Crippen LogP contribution in [0, 0.1) is 5.92 Å². The van der Waals surface area contributed by atoms with E-state index in [-0.39, 0.29) is 11.6 Å². The van der Waals surface area contributed by atoms with Gasteiger partial charge in [-0.3, -0.25) is 13.7 Å². The minimum absolute atomic E-state index is 0.00691. The molecule has 0 radical (unpaired) electrons. The van der Waals surface area contributed by atoms with Gasteiger partial charge in [-0.1, -0.05) is 36.8 Å². The Morgan fingerprint density at radius 2 is 2.03 bits per heavy atom. The lowest BCUT2D eigenvalue weighted by Gasteiger charge is -2.20. The molecule has 11 heteroatoms. The SMILES string of the molecule is O=C(Nc1ccc(C(F)(F)F)cn1)[C@H](CC1CCCC1)n1cc(CS(=O)[O-])cn1. The smallest absolute Gasteiger partial charge is 0.417 e. The number of carbonyl (C=O) groups is 1. The number of halogens is 3. The van der Waals surface area contributed by atoms with E-state index in [1.165, 1.54) is 17.1 Å². The van der Waals surface area contributed by atoms with Crippen molar-refractivity contribution in [2.75, 3.05) is 5.32 Å². The normalized spacial score (nSPS) is 17.2. The first-order valence-electron chi connectivity index (χ1n) is 9.15. The van der Waals surface area contributed by atoms with Crippen molar-refractivity contribution in [2.45, 2.75) is 50.1 Å². The number of anilines is 1. The van der Waals surface area contributed by atoms with E-state index in [1.807, 2.05) is 0 Å². The number of aromatic nitrogens is 3. The molecular formula is C18H20F3N4O3S-. The topological polar surface area (TPSA) is 99.9 Å². The highest BCUT2D eigenvalue weighted by atomic mass is 32.2. The van der Waals surface area contributed by atoms with Gasteiger partial charge >= 0.3 is 6.18 Å². The molecule has 7 nitrogen and oxygen atoms in total. The molecule has 2 atom stereocenters. The van der Waals surface area contributed by atoms with Gasteiger partial charge in [0, 0.05) is 23.7 Å². The quantitative estimate of drug-likeness (QED) is 0.680. The average molecular weight is 429 g/mol. The number of amides is 1. The Hall–Kier alpha value is -2.27. The van der Waals surface area contributed by atoms with Gasteiger partial charge in [-0.25, -0.2) is 4.98 Å². The van der Waals surface area contributed by atoms with Crippen LogP contribution in [0.1, 0.15) is 49.3 Å². The third-order valence-corrected chi connectivity index (χ3v) is 5.50. The first-order chi connectivity index (χ1) is 13.7. The van der Waals surface area contributed by atoms with Gasteiger partial charge in [-0.05, 0) is 24.5 Å². The zero-order valence-electron chi connectivity index (χ0n) is 15.4. The number of alkyl halides is 3. The third-order valence-electron chi connectivity index (χ3n) is 4.93. The lowest BCUT2D eigenvalue weighted by Crippen LogP contribution is -2.28. The molecule has 1 aliphatic rings. The summed E-state index contributed by atoms with van der Waals surface area (Å²) in [5, 5.41) is 6.68. The molecule has 1 N–H and O–H groups in total. The van der Waals surface area contributed by atoms with Crippen LogP contribution in [0.5, 0.6) is 0 Å². The fraction of sp³-hybridized carbons (Fsp3) is 0.500. The van der Waals surface area contributed by atoms with Gasteiger partial charge in [0.1, 0.15) is 11.9 Å². The number of pyridine rings is 1. The molecule has 3 rings (SSSR count). The third kappa shape index (κ3) is 5.86. The Labute approximate surface area is 168 Å². The van der Waals surface area contributed by atoms with Crippen LogP contribution in [0.3, 0.4) is 0 Å². The van der Waals surface area contributed by atoms with Crippen LogP contribution in [0.2, 0.25) is 0 Å². The zero-order chi connectivity index (χ0) is 21.0. The van der Waals surface area contributed by atoms with Crippen LogP contribution in [0.15, 0.2) is 30.7 Å². The van der Waals surface area contributed by atoms with Crippen LogP contribution in [-0.2, 0) is 27.8 Å². The number of hydrogen-bond donors (Lipinski definition) is 1.